The molecule has 90 valence electrons. The normalized spacial score (nSPS) is 12.6. The zero-order valence-corrected chi connectivity index (χ0v) is 11.3. The monoisotopic (exact) mass is 246 g/mol. The van der Waals surface area contributed by atoms with Crippen molar-refractivity contribution in [2.75, 3.05) is 0 Å². The predicted molar refractivity (Wildman–Crippen MR) is 73.3 cm³/mol. The summed E-state index contributed by atoms with van der Waals surface area (Å²) in [6.45, 7) is 7.40. The van der Waals surface area contributed by atoms with E-state index >= 15 is 0 Å². The Bertz CT molecular complexity index is 476. The second kappa shape index (κ2) is 5.43. The molecule has 0 aliphatic carbocycles. The maximum Gasteiger partial charge on any atom is 0.0570 e. The molecule has 0 radical (unpaired) electrons. The molecule has 0 aliphatic rings. The number of thiophene rings is 1. The third-order valence-corrected chi connectivity index (χ3v) is 3.88. The molecule has 2 aromatic heterocycles. The molecule has 3 heteroatoms. The first-order valence-corrected chi connectivity index (χ1v) is 6.68. The Kier molecular flexibility index (Phi) is 3.92. The van der Waals surface area contributed by atoms with Crippen LogP contribution in [0.3, 0.4) is 0 Å². The molecular weight excluding hydrogens is 228 g/mol. The minimum absolute atomic E-state index is 0.288. The zero-order chi connectivity index (χ0) is 12.3. The van der Waals surface area contributed by atoms with Crippen molar-refractivity contribution in [3.63, 3.8) is 0 Å². The minimum Gasteiger partial charge on any atom is -0.305 e. The number of nitrogens with zero attached hydrogens (tertiary/aromatic N) is 1. The van der Waals surface area contributed by atoms with Gasteiger partial charge < -0.3 is 5.32 Å². The Balaban J connectivity index is 1.97. The third-order valence-electron chi connectivity index (χ3n) is 2.87. The maximum absolute atomic E-state index is 4.36. The van der Waals surface area contributed by atoms with Gasteiger partial charge >= 0.3 is 0 Å². The highest BCUT2D eigenvalue weighted by Crippen LogP contribution is 2.21. The Morgan fingerprint density at radius 3 is 2.76 bits per heavy atom. The van der Waals surface area contributed by atoms with Crippen LogP contribution in [0.1, 0.15) is 34.0 Å². The molecule has 2 rings (SSSR count). The molecule has 1 N–H and O–H groups in total. The van der Waals surface area contributed by atoms with Gasteiger partial charge in [-0.1, -0.05) is 6.07 Å². The molecule has 0 fully saturated rings. The second-order valence-corrected chi connectivity index (χ2v) is 5.76. The molecule has 1 atom stereocenters. The highest BCUT2D eigenvalue weighted by atomic mass is 32.1. The molecule has 0 unspecified atom stereocenters. The van der Waals surface area contributed by atoms with Crippen molar-refractivity contribution in [3.8, 4) is 0 Å². The first-order valence-electron chi connectivity index (χ1n) is 5.87. The van der Waals surface area contributed by atoms with E-state index in [4.69, 9.17) is 0 Å². The van der Waals surface area contributed by atoms with Crippen LogP contribution in [0, 0.1) is 13.8 Å². The fourth-order valence-electron chi connectivity index (χ4n) is 1.86. The van der Waals surface area contributed by atoms with Crippen LogP contribution in [0.5, 0.6) is 0 Å². The Hall–Kier alpha value is -1.19. The third kappa shape index (κ3) is 3.14. The summed E-state index contributed by atoms with van der Waals surface area (Å²) in [6.07, 6.45) is 1.84. The van der Waals surface area contributed by atoms with Gasteiger partial charge in [0, 0.05) is 28.5 Å². The Morgan fingerprint density at radius 2 is 2.18 bits per heavy atom. The summed E-state index contributed by atoms with van der Waals surface area (Å²) in [5, 5.41) is 3.51. The van der Waals surface area contributed by atoms with Gasteiger partial charge in [0.15, 0.2) is 0 Å². The van der Waals surface area contributed by atoms with Crippen LogP contribution in [0.15, 0.2) is 30.5 Å². The molecular formula is C14H18N2S. The number of aromatic nitrogens is 1. The lowest BCUT2D eigenvalue weighted by Gasteiger charge is -2.12. The first-order chi connectivity index (χ1) is 8.16. The van der Waals surface area contributed by atoms with Crippen LogP contribution in [0.25, 0.3) is 0 Å². The molecule has 0 aliphatic heterocycles. The molecule has 0 bridgehead atoms. The molecule has 2 heterocycles. The number of hydrogen-bond acceptors (Lipinski definition) is 3. The molecule has 0 spiro atoms. The Morgan fingerprint density at radius 1 is 1.35 bits per heavy atom. The molecule has 0 saturated carbocycles. The fraction of sp³-hybridized carbons (Fsp3) is 0.357. The molecule has 0 aromatic carbocycles. The van der Waals surface area contributed by atoms with E-state index in [0.717, 1.165) is 12.2 Å². The Labute approximate surface area is 107 Å². The van der Waals surface area contributed by atoms with Gasteiger partial charge in [-0.2, -0.15) is 0 Å². The van der Waals surface area contributed by atoms with Gasteiger partial charge in [-0.3, -0.25) is 4.98 Å². The van der Waals surface area contributed by atoms with Gasteiger partial charge in [0.05, 0.1) is 5.69 Å². The van der Waals surface area contributed by atoms with Crippen LogP contribution >= 0.6 is 11.3 Å². The van der Waals surface area contributed by atoms with E-state index in [1.54, 1.807) is 0 Å². The minimum atomic E-state index is 0.288. The first kappa shape index (κ1) is 12.3. The van der Waals surface area contributed by atoms with Crippen molar-refractivity contribution in [2.45, 2.75) is 33.4 Å². The van der Waals surface area contributed by atoms with Gasteiger partial charge in [-0.05, 0) is 44.5 Å². The van der Waals surface area contributed by atoms with Crippen molar-refractivity contribution in [1.82, 2.24) is 10.3 Å². The molecule has 0 saturated heterocycles. The maximum atomic E-state index is 4.36. The van der Waals surface area contributed by atoms with Crippen molar-refractivity contribution < 1.29 is 0 Å². The highest BCUT2D eigenvalue weighted by molar-refractivity contribution is 7.12. The summed E-state index contributed by atoms with van der Waals surface area (Å²) < 4.78 is 0. The average molecular weight is 246 g/mol. The standard InChI is InChI=1S/C14H18N2S/c1-10-8-13(12(3)17-10)9-16-11(2)14-6-4-5-7-15-14/h4-8,11,16H,9H2,1-3H3/t11-/m0/s1. The van der Waals surface area contributed by atoms with E-state index in [1.165, 1.54) is 15.3 Å². The van der Waals surface area contributed by atoms with Crippen LogP contribution in [0.4, 0.5) is 0 Å². The van der Waals surface area contributed by atoms with Crippen LogP contribution < -0.4 is 5.32 Å². The summed E-state index contributed by atoms with van der Waals surface area (Å²) in [7, 11) is 0. The number of pyridine rings is 1. The van der Waals surface area contributed by atoms with Crippen molar-refractivity contribution in [1.29, 1.82) is 0 Å². The molecule has 2 aromatic rings. The SMILES string of the molecule is Cc1cc(CN[C@@H](C)c2ccccn2)c(C)s1. The summed E-state index contributed by atoms with van der Waals surface area (Å²) in [5.41, 5.74) is 2.49. The molecule has 0 amide bonds. The van der Waals surface area contributed by atoms with Crippen LogP contribution in [-0.2, 0) is 6.54 Å². The van der Waals surface area contributed by atoms with Crippen molar-refractivity contribution >= 4 is 11.3 Å². The van der Waals surface area contributed by atoms with Gasteiger partial charge in [0.1, 0.15) is 0 Å². The smallest absolute Gasteiger partial charge is 0.0570 e. The van der Waals surface area contributed by atoms with Crippen LogP contribution in [-0.4, -0.2) is 4.98 Å². The van der Waals surface area contributed by atoms with E-state index in [1.807, 2.05) is 29.7 Å². The van der Waals surface area contributed by atoms with Gasteiger partial charge in [0.25, 0.3) is 0 Å². The summed E-state index contributed by atoms with van der Waals surface area (Å²) in [5.74, 6) is 0. The fourth-order valence-corrected chi connectivity index (χ4v) is 2.81. The highest BCUT2D eigenvalue weighted by Gasteiger charge is 2.07. The van der Waals surface area contributed by atoms with E-state index in [2.05, 4.69) is 43.2 Å². The summed E-state index contributed by atoms with van der Waals surface area (Å²) in [6, 6.07) is 8.58. The van der Waals surface area contributed by atoms with Gasteiger partial charge in [0.2, 0.25) is 0 Å². The second-order valence-electron chi connectivity index (χ2n) is 4.30. The average Bonchev–Trinajstić information content (AvgIpc) is 2.66. The molecule has 17 heavy (non-hydrogen) atoms. The lowest BCUT2D eigenvalue weighted by atomic mass is 10.2. The lowest BCUT2D eigenvalue weighted by Crippen LogP contribution is -2.19. The predicted octanol–water partition coefficient (Wildman–Crippen LogP) is 3.61. The zero-order valence-electron chi connectivity index (χ0n) is 10.5. The van der Waals surface area contributed by atoms with E-state index in [-0.39, 0.29) is 6.04 Å². The van der Waals surface area contributed by atoms with Crippen molar-refractivity contribution in [2.24, 2.45) is 0 Å². The largest absolute Gasteiger partial charge is 0.305 e. The van der Waals surface area contributed by atoms with E-state index < -0.39 is 0 Å². The van der Waals surface area contributed by atoms with E-state index in [0.29, 0.717) is 0 Å². The van der Waals surface area contributed by atoms with E-state index in [9.17, 15) is 0 Å². The lowest BCUT2D eigenvalue weighted by molar-refractivity contribution is 0.561. The number of hydrogen-bond donors (Lipinski definition) is 1. The summed E-state index contributed by atoms with van der Waals surface area (Å²) >= 11 is 1.86. The topological polar surface area (TPSA) is 24.9 Å². The van der Waals surface area contributed by atoms with Crippen molar-refractivity contribution in [3.05, 3.63) is 51.5 Å². The summed E-state index contributed by atoms with van der Waals surface area (Å²) in [4.78, 5) is 7.14. The quantitative estimate of drug-likeness (QED) is 0.891. The van der Waals surface area contributed by atoms with Gasteiger partial charge in [-0.15, -0.1) is 11.3 Å². The van der Waals surface area contributed by atoms with Crippen LogP contribution in [0.2, 0.25) is 0 Å². The number of nitrogens with one attached hydrogen (secondary N) is 1. The number of aryl methyl sites for hydroxylation is 2. The number of rotatable bonds is 4. The molecule has 2 nitrogen and oxygen atoms in total. The van der Waals surface area contributed by atoms with Gasteiger partial charge in [-0.25, -0.2) is 0 Å².